The van der Waals surface area contributed by atoms with Crippen LogP contribution in [0, 0.1) is 0 Å². The molecule has 1 fully saturated rings. The van der Waals surface area contributed by atoms with Crippen LogP contribution in [0.5, 0.6) is 0 Å². The van der Waals surface area contributed by atoms with Crippen LogP contribution < -0.4 is 5.56 Å². The minimum Gasteiger partial charge on any atom is -0.379 e. The van der Waals surface area contributed by atoms with E-state index in [1.807, 2.05) is 54.6 Å². The monoisotopic (exact) mass is 367 g/mol. The summed E-state index contributed by atoms with van der Waals surface area (Å²) in [7, 11) is 0. The van der Waals surface area contributed by atoms with E-state index in [1.165, 1.54) is 0 Å². The van der Waals surface area contributed by atoms with Gasteiger partial charge in [0.15, 0.2) is 5.16 Å². The number of nitrogens with zero attached hydrogens (tertiary/aromatic N) is 3. The minimum atomic E-state index is -0.0179. The number of thioether (sulfide) groups is 1. The Morgan fingerprint density at radius 3 is 2.54 bits per heavy atom. The number of morpholine rings is 1. The number of hydrogen-bond acceptors (Lipinski definition) is 5. The van der Waals surface area contributed by atoms with Crippen molar-refractivity contribution in [2.75, 3.05) is 38.6 Å². The third-order valence-electron chi connectivity index (χ3n) is 4.50. The van der Waals surface area contributed by atoms with Gasteiger partial charge in [0.05, 0.1) is 29.8 Å². The van der Waals surface area contributed by atoms with Gasteiger partial charge in [-0.3, -0.25) is 14.3 Å². The Morgan fingerprint density at radius 1 is 1.00 bits per heavy atom. The number of benzene rings is 2. The second-order valence-electron chi connectivity index (χ2n) is 6.19. The maximum atomic E-state index is 13.1. The molecule has 134 valence electrons. The first kappa shape index (κ1) is 17.3. The van der Waals surface area contributed by atoms with Crippen LogP contribution >= 0.6 is 11.8 Å². The van der Waals surface area contributed by atoms with Gasteiger partial charge in [0.25, 0.3) is 5.56 Å². The fourth-order valence-corrected chi connectivity index (χ4v) is 4.12. The molecule has 3 aromatic rings. The summed E-state index contributed by atoms with van der Waals surface area (Å²) in [6.45, 7) is 4.50. The number of para-hydroxylation sites is 2. The van der Waals surface area contributed by atoms with Gasteiger partial charge in [0, 0.05) is 25.4 Å². The molecule has 0 radical (unpaired) electrons. The van der Waals surface area contributed by atoms with E-state index in [-0.39, 0.29) is 5.56 Å². The molecule has 1 aliphatic heterocycles. The molecular formula is C20H21N3O2S. The van der Waals surface area contributed by atoms with Crippen molar-refractivity contribution in [1.29, 1.82) is 0 Å². The Morgan fingerprint density at radius 2 is 1.73 bits per heavy atom. The standard InChI is InChI=1S/C20H21N3O2S/c24-19-17-8-4-5-9-18(17)21-20(23(19)16-6-2-1-3-7-16)26-15-12-22-10-13-25-14-11-22/h1-9H,10-15H2. The van der Waals surface area contributed by atoms with Crippen molar-refractivity contribution in [2.24, 2.45) is 0 Å². The smallest absolute Gasteiger partial charge is 0.266 e. The van der Waals surface area contributed by atoms with Gasteiger partial charge in [-0.1, -0.05) is 42.1 Å². The molecule has 2 aromatic carbocycles. The highest BCUT2D eigenvalue weighted by atomic mass is 32.2. The van der Waals surface area contributed by atoms with Gasteiger partial charge in [-0.2, -0.15) is 0 Å². The van der Waals surface area contributed by atoms with Gasteiger partial charge in [0.2, 0.25) is 0 Å². The van der Waals surface area contributed by atoms with E-state index < -0.39 is 0 Å². The van der Waals surface area contributed by atoms with Crippen molar-refractivity contribution < 1.29 is 4.74 Å². The first-order valence-electron chi connectivity index (χ1n) is 8.83. The summed E-state index contributed by atoms with van der Waals surface area (Å²) in [6, 6.07) is 17.3. The Labute approximate surface area is 156 Å². The van der Waals surface area contributed by atoms with E-state index in [4.69, 9.17) is 9.72 Å². The number of aromatic nitrogens is 2. The van der Waals surface area contributed by atoms with Crippen molar-refractivity contribution in [2.45, 2.75) is 5.16 Å². The average Bonchev–Trinajstić information content (AvgIpc) is 2.70. The zero-order valence-electron chi connectivity index (χ0n) is 14.5. The van der Waals surface area contributed by atoms with Crippen molar-refractivity contribution >= 4 is 22.7 Å². The minimum absolute atomic E-state index is 0.0179. The van der Waals surface area contributed by atoms with Gasteiger partial charge in [0.1, 0.15) is 0 Å². The van der Waals surface area contributed by atoms with E-state index in [1.54, 1.807) is 16.3 Å². The molecule has 0 aliphatic carbocycles. The number of rotatable bonds is 5. The summed E-state index contributed by atoms with van der Waals surface area (Å²) in [5.74, 6) is 0.887. The molecule has 0 unspecified atom stereocenters. The highest BCUT2D eigenvalue weighted by molar-refractivity contribution is 7.99. The summed E-state index contributed by atoms with van der Waals surface area (Å²) in [6.07, 6.45) is 0. The molecule has 0 saturated carbocycles. The molecule has 0 spiro atoms. The van der Waals surface area contributed by atoms with Crippen molar-refractivity contribution in [3.63, 3.8) is 0 Å². The molecular weight excluding hydrogens is 346 g/mol. The predicted molar refractivity (Wildman–Crippen MR) is 105 cm³/mol. The fraction of sp³-hybridized carbons (Fsp3) is 0.300. The van der Waals surface area contributed by atoms with Crippen LogP contribution in [0.2, 0.25) is 0 Å². The molecule has 1 aromatic heterocycles. The SMILES string of the molecule is O=c1c2ccccc2nc(SCCN2CCOCC2)n1-c1ccccc1. The molecule has 6 heteroatoms. The molecule has 1 saturated heterocycles. The van der Waals surface area contributed by atoms with E-state index >= 15 is 0 Å². The molecule has 1 aliphatic rings. The van der Waals surface area contributed by atoms with Crippen molar-refractivity contribution in [1.82, 2.24) is 14.5 Å². The number of ether oxygens (including phenoxy) is 1. The quantitative estimate of drug-likeness (QED) is 0.513. The maximum absolute atomic E-state index is 13.1. The molecule has 0 N–H and O–H groups in total. The summed E-state index contributed by atoms with van der Waals surface area (Å²) < 4.78 is 7.13. The van der Waals surface area contributed by atoms with Gasteiger partial charge in [-0.05, 0) is 24.3 Å². The molecule has 0 bridgehead atoms. The molecule has 0 amide bonds. The highest BCUT2D eigenvalue weighted by Crippen LogP contribution is 2.21. The summed E-state index contributed by atoms with van der Waals surface area (Å²) >= 11 is 1.63. The first-order chi connectivity index (χ1) is 12.8. The normalized spacial score (nSPS) is 15.4. The average molecular weight is 367 g/mol. The van der Waals surface area contributed by atoms with Gasteiger partial charge < -0.3 is 4.74 Å². The Bertz CT molecular complexity index is 937. The van der Waals surface area contributed by atoms with E-state index in [0.29, 0.717) is 5.39 Å². The topological polar surface area (TPSA) is 47.4 Å². The van der Waals surface area contributed by atoms with Crippen LogP contribution in [-0.4, -0.2) is 53.1 Å². The second-order valence-corrected chi connectivity index (χ2v) is 7.25. The van der Waals surface area contributed by atoms with E-state index in [9.17, 15) is 4.79 Å². The lowest BCUT2D eigenvalue weighted by Crippen LogP contribution is -2.37. The number of fused-ring (bicyclic) bond motifs is 1. The van der Waals surface area contributed by atoms with Crippen LogP contribution in [-0.2, 0) is 4.74 Å². The van der Waals surface area contributed by atoms with Crippen LogP contribution in [0.3, 0.4) is 0 Å². The van der Waals surface area contributed by atoms with Crippen LogP contribution in [0.15, 0.2) is 64.5 Å². The van der Waals surface area contributed by atoms with E-state index in [0.717, 1.165) is 55.0 Å². The summed E-state index contributed by atoms with van der Waals surface area (Å²) in [5.41, 5.74) is 1.58. The zero-order chi connectivity index (χ0) is 17.8. The van der Waals surface area contributed by atoms with Crippen molar-refractivity contribution in [3.8, 4) is 5.69 Å². The predicted octanol–water partition coefficient (Wildman–Crippen LogP) is 2.81. The fourth-order valence-electron chi connectivity index (χ4n) is 3.10. The molecule has 4 rings (SSSR count). The van der Waals surface area contributed by atoms with Crippen molar-refractivity contribution in [3.05, 3.63) is 65.0 Å². The molecule has 26 heavy (non-hydrogen) atoms. The van der Waals surface area contributed by atoms with Crippen LogP contribution in [0.4, 0.5) is 0 Å². The lowest BCUT2D eigenvalue weighted by atomic mass is 10.2. The lowest BCUT2D eigenvalue weighted by molar-refractivity contribution is 0.0410. The maximum Gasteiger partial charge on any atom is 0.266 e. The Kier molecular flexibility index (Phi) is 5.34. The van der Waals surface area contributed by atoms with E-state index in [2.05, 4.69) is 4.90 Å². The summed E-state index contributed by atoms with van der Waals surface area (Å²) in [4.78, 5) is 20.3. The molecule has 2 heterocycles. The zero-order valence-corrected chi connectivity index (χ0v) is 15.3. The number of hydrogen-bond donors (Lipinski definition) is 0. The molecule has 0 atom stereocenters. The first-order valence-corrected chi connectivity index (χ1v) is 9.81. The Balaban J connectivity index is 1.66. The third-order valence-corrected chi connectivity index (χ3v) is 5.42. The third kappa shape index (κ3) is 3.67. The van der Waals surface area contributed by atoms with Crippen LogP contribution in [0.25, 0.3) is 16.6 Å². The molecule has 5 nitrogen and oxygen atoms in total. The van der Waals surface area contributed by atoms with Gasteiger partial charge in [-0.15, -0.1) is 0 Å². The van der Waals surface area contributed by atoms with Gasteiger partial charge >= 0.3 is 0 Å². The van der Waals surface area contributed by atoms with Gasteiger partial charge in [-0.25, -0.2) is 4.98 Å². The second kappa shape index (κ2) is 8.03. The Hall–Kier alpha value is -2.15. The van der Waals surface area contributed by atoms with Crippen LogP contribution in [0.1, 0.15) is 0 Å². The lowest BCUT2D eigenvalue weighted by Gasteiger charge is -2.26. The highest BCUT2D eigenvalue weighted by Gasteiger charge is 2.14. The largest absolute Gasteiger partial charge is 0.379 e. The summed E-state index contributed by atoms with van der Waals surface area (Å²) in [5, 5.41) is 1.39.